The van der Waals surface area contributed by atoms with Gasteiger partial charge in [0.1, 0.15) is 0 Å². The summed E-state index contributed by atoms with van der Waals surface area (Å²) in [6.07, 6.45) is 10.0. The second-order valence-electron chi connectivity index (χ2n) is 3.32. The fourth-order valence-corrected chi connectivity index (χ4v) is 1.79. The van der Waals surface area contributed by atoms with Crippen molar-refractivity contribution in [3.63, 3.8) is 0 Å². The average molecular weight is 181 g/mol. The molecule has 3 rings (SSSR count). The smallest absolute Gasteiger partial charge is 0.0744 e. The van der Waals surface area contributed by atoms with Gasteiger partial charge in [-0.05, 0) is 18.2 Å². The minimum absolute atomic E-state index is 0.779. The van der Waals surface area contributed by atoms with E-state index in [1.165, 1.54) is 5.56 Å². The Morgan fingerprint density at radius 1 is 1.21 bits per heavy atom. The summed E-state index contributed by atoms with van der Waals surface area (Å²) < 4.78 is 0. The lowest BCUT2D eigenvalue weighted by Crippen LogP contribution is -2.32. The second-order valence-corrected chi connectivity index (χ2v) is 3.32. The van der Waals surface area contributed by atoms with Crippen LogP contribution in [0.15, 0.2) is 35.5 Å². The van der Waals surface area contributed by atoms with Crippen LogP contribution in [0.3, 0.4) is 0 Å². The molecule has 0 aliphatic carbocycles. The first-order valence-corrected chi connectivity index (χ1v) is 4.67. The second kappa shape index (κ2) is 2.84. The number of hydrogen-bond acceptors (Lipinski definition) is 1. The van der Waals surface area contributed by atoms with Gasteiger partial charge in [-0.1, -0.05) is 18.2 Å². The maximum atomic E-state index is 4.49. The molecule has 67 valence electrons. The van der Waals surface area contributed by atoms with E-state index in [9.17, 15) is 0 Å². The molecular weight excluding hydrogens is 172 g/mol. The van der Waals surface area contributed by atoms with Gasteiger partial charge in [-0.15, -0.1) is 0 Å². The normalized spacial score (nSPS) is 16.0. The molecule has 2 aliphatic rings. The number of fused-ring (bicyclic) bond motifs is 3. The zero-order valence-electron chi connectivity index (χ0n) is 7.64. The van der Waals surface area contributed by atoms with Crippen molar-refractivity contribution in [3.05, 3.63) is 46.6 Å². The van der Waals surface area contributed by atoms with E-state index in [1.807, 2.05) is 18.3 Å². The van der Waals surface area contributed by atoms with Crippen molar-refractivity contribution in [2.24, 2.45) is 4.99 Å². The van der Waals surface area contributed by atoms with Gasteiger partial charge in [0.15, 0.2) is 0 Å². The molecule has 1 aromatic carbocycles. The molecule has 0 aromatic heterocycles. The van der Waals surface area contributed by atoms with E-state index in [0.717, 1.165) is 22.8 Å². The number of benzene rings is 1. The van der Waals surface area contributed by atoms with E-state index in [2.05, 4.69) is 34.6 Å². The van der Waals surface area contributed by atoms with Crippen molar-refractivity contribution in [2.75, 3.05) is 6.54 Å². The zero-order valence-corrected chi connectivity index (χ0v) is 7.64. The Labute approximate surface area is 82.0 Å². The van der Waals surface area contributed by atoms with E-state index in [-0.39, 0.29) is 0 Å². The highest BCUT2D eigenvalue weighted by Crippen LogP contribution is 2.06. The summed E-state index contributed by atoms with van der Waals surface area (Å²) >= 11 is 0. The first kappa shape index (κ1) is 7.56. The van der Waals surface area contributed by atoms with Gasteiger partial charge in [-0.3, -0.25) is 10.3 Å². The van der Waals surface area contributed by atoms with Crippen LogP contribution >= 0.6 is 0 Å². The van der Waals surface area contributed by atoms with Gasteiger partial charge >= 0.3 is 0 Å². The Morgan fingerprint density at radius 2 is 2.21 bits per heavy atom. The maximum absolute atomic E-state index is 4.49. The summed E-state index contributed by atoms with van der Waals surface area (Å²) in [7, 11) is 0. The molecule has 0 spiro atoms. The van der Waals surface area contributed by atoms with E-state index in [1.54, 1.807) is 0 Å². The zero-order chi connectivity index (χ0) is 9.38. The maximum Gasteiger partial charge on any atom is 0.0744 e. The minimum atomic E-state index is 0.779. The lowest BCUT2D eigenvalue weighted by atomic mass is 10.1. The molecule has 0 amide bonds. The fraction of sp³-hybridized carbons (Fsp3) is 0.0833. The van der Waals surface area contributed by atoms with Crippen LogP contribution in [0, 0.1) is 0 Å². The predicted molar refractivity (Wildman–Crippen MR) is 56.5 cm³/mol. The van der Waals surface area contributed by atoms with Gasteiger partial charge < -0.3 is 0 Å². The van der Waals surface area contributed by atoms with Crippen LogP contribution in [-0.2, 0) is 0 Å². The number of hydrogen-bond donors (Lipinski definition) is 0. The Hall–Kier alpha value is -1.83. The Kier molecular flexibility index (Phi) is 1.53. The van der Waals surface area contributed by atoms with Crippen LogP contribution in [0.2, 0.25) is 0 Å². The molecule has 0 fully saturated rings. The monoisotopic (exact) mass is 181 g/mol. The molecular formula is C12H9N2. The largest absolute Gasteiger partial charge is 0.280 e. The molecule has 0 bridgehead atoms. The van der Waals surface area contributed by atoms with Crippen LogP contribution in [0.1, 0.15) is 5.56 Å². The van der Waals surface area contributed by atoms with E-state index < -0.39 is 0 Å². The molecule has 14 heavy (non-hydrogen) atoms. The van der Waals surface area contributed by atoms with E-state index >= 15 is 0 Å². The van der Waals surface area contributed by atoms with Gasteiger partial charge in [0.25, 0.3) is 0 Å². The Balaban J connectivity index is 2.46. The van der Waals surface area contributed by atoms with Crippen molar-refractivity contribution in [1.82, 2.24) is 5.32 Å². The number of rotatable bonds is 0. The standard InChI is InChI=1S/C12H9N2/c1-3-9-5-6-11-10(4-2-7-13-11)12(9)14-8-1/h1-7H,8H2. The van der Waals surface area contributed by atoms with Crippen molar-refractivity contribution < 1.29 is 0 Å². The number of nitrogens with zero attached hydrogens (tertiary/aromatic N) is 2. The van der Waals surface area contributed by atoms with Gasteiger partial charge in [-0.25, -0.2) is 0 Å². The molecule has 2 nitrogen and oxygen atoms in total. The van der Waals surface area contributed by atoms with Crippen molar-refractivity contribution in [2.45, 2.75) is 0 Å². The number of allylic oxidation sites excluding steroid dienone is 1. The Bertz CT molecular complexity index is 550. The summed E-state index contributed by atoms with van der Waals surface area (Å²) in [6.45, 7) is 0.779. The van der Waals surface area contributed by atoms with Gasteiger partial charge in [-0.2, -0.15) is 0 Å². The molecule has 1 aromatic rings. The summed E-state index contributed by atoms with van der Waals surface area (Å²) in [4.78, 5) is 4.49. The molecule has 2 heteroatoms. The molecule has 0 atom stereocenters. The first-order valence-electron chi connectivity index (χ1n) is 4.67. The average Bonchev–Trinajstić information content (AvgIpc) is 2.29. The van der Waals surface area contributed by atoms with Crippen LogP contribution in [0.5, 0.6) is 0 Å². The van der Waals surface area contributed by atoms with Gasteiger partial charge in [0, 0.05) is 17.0 Å². The van der Waals surface area contributed by atoms with Crippen molar-refractivity contribution >= 4 is 17.8 Å². The third-order valence-electron chi connectivity index (χ3n) is 2.44. The molecule has 0 saturated heterocycles. The van der Waals surface area contributed by atoms with Crippen LogP contribution in [0.4, 0.5) is 5.69 Å². The topological polar surface area (TPSA) is 26.5 Å². The quantitative estimate of drug-likeness (QED) is 0.568. The van der Waals surface area contributed by atoms with E-state index in [0.29, 0.717) is 0 Å². The fourth-order valence-electron chi connectivity index (χ4n) is 1.79. The lowest BCUT2D eigenvalue weighted by Gasteiger charge is -2.07. The highest BCUT2D eigenvalue weighted by atomic mass is 14.8. The summed E-state index contributed by atoms with van der Waals surface area (Å²) in [6, 6.07) is 4.11. The summed E-state index contributed by atoms with van der Waals surface area (Å²) in [5.41, 5.74) is 2.21. The summed E-state index contributed by atoms with van der Waals surface area (Å²) in [5, 5.41) is 6.53. The highest BCUT2D eigenvalue weighted by molar-refractivity contribution is 5.59. The molecule has 2 aliphatic heterocycles. The predicted octanol–water partition coefficient (Wildman–Crippen LogP) is 0.877. The minimum Gasteiger partial charge on any atom is -0.280 e. The summed E-state index contributed by atoms with van der Waals surface area (Å²) in [5.74, 6) is 0. The Morgan fingerprint density at radius 3 is 3.21 bits per heavy atom. The van der Waals surface area contributed by atoms with Crippen LogP contribution in [0.25, 0.3) is 12.2 Å². The van der Waals surface area contributed by atoms with Gasteiger partial charge in [0.05, 0.1) is 17.6 Å². The van der Waals surface area contributed by atoms with Crippen molar-refractivity contribution in [3.8, 4) is 0 Å². The lowest BCUT2D eigenvalue weighted by molar-refractivity contribution is 1.07. The molecule has 0 unspecified atom stereocenters. The highest BCUT2D eigenvalue weighted by Gasteiger charge is 2.05. The molecule has 1 radical (unpaired) electrons. The SMILES string of the molecule is C1=C[N]c2ccc3c(c2=C1)=NCC=C3. The van der Waals surface area contributed by atoms with Gasteiger partial charge in [0.2, 0.25) is 0 Å². The van der Waals surface area contributed by atoms with Crippen LogP contribution < -0.4 is 15.9 Å². The third kappa shape index (κ3) is 1.01. The van der Waals surface area contributed by atoms with E-state index in [4.69, 9.17) is 0 Å². The first-order chi connectivity index (χ1) is 6.95. The molecule has 0 N–H and O–H groups in total. The van der Waals surface area contributed by atoms with Crippen molar-refractivity contribution in [1.29, 1.82) is 0 Å². The molecule has 2 heterocycles. The third-order valence-corrected chi connectivity index (χ3v) is 2.44. The van der Waals surface area contributed by atoms with Crippen LogP contribution in [-0.4, -0.2) is 6.54 Å². The molecule has 0 saturated carbocycles.